The van der Waals surface area contributed by atoms with Gasteiger partial charge in [0.25, 0.3) is 5.91 Å². The van der Waals surface area contributed by atoms with E-state index in [0.717, 1.165) is 77.3 Å². The Morgan fingerprint density at radius 1 is 0.931 bits per heavy atom. The SMILES string of the molecule is CN1CCCCCCN(C(=O)C2CC2)[C@@H]2CCCC[C@@H]2Oc2ccccc2C1=O. The first-order valence-electron chi connectivity index (χ1n) is 11.5. The van der Waals surface area contributed by atoms with Crippen LogP contribution in [0.25, 0.3) is 0 Å². The van der Waals surface area contributed by atoms with Crippen LogP contribution >= 0.6 is 0 Å². The van der Waals surface area contributed by atoms with E-state index in [2.05, 4.69) is 4.90 Å². The highest BCUT2D eigenvalue weighted by Gasteiger charge is 2.40. The highest BCUT2D eigenvalue weighted by Crippen LogP contribution is 2.35. The topological polar surface area (TPSA) is 49.9 Å². The van der Waals surface area contributed by atoms with Crippen molar-refractivity contribution >= 4 is 11.8 Å². The minimum Gasteiger partial charge on any atom is -0.487 e. The van der Waals surface area contributed by atoms with E-state index in [-0.39, 0.29) is 24.0 Å². The number of carbonyl (C=O) groups is 2. The van der Waals surface area contributed by atoms with Crippen LogP contribution in [0.5, 0.6) is 5.75 Å². The second kappa shape index (κ2) is 9.19. The molecule has 0 bridgehead atoms. The van der Waals surface area contributed by atoms with Crippen molar-refractivity contribution in [2.24, 2.45) is 5.92 Å². The molecule has 2 amide bonds. The zero-order valence-electron chi connectivity index (χ0n) is 17.6. The van der Waals surface area contributed by atoms with Crippen LogP contribution in [0.2, 0.25) is 0 Å². The number of hydrogen-bond donors (Lipinski definition) is 0. The van der Waals surface area contributed by atoms with E-state index >= 15 is 0 Å². The molecule has 5 heteroatoms. The molecule has 5 nitrogen and oxygen atoms in total. The maximum atomic E-state index is 13.1. The number of nitrogens with zero attached hydrogens (tertiary/aromatic N) is 2. The Hall–Kier alpha value is -2.04. The van der Waals surface area contributed by atoms with E-state index in [0.29, 0.717) is 17.2 Å². The third-order valence-electron chi connectivity index (χ3n) is 6.66. The molecule has 2 fully saturated rings. The normalized spacial score (nSPS) is 26.7. The molecule has 0 saturated heterocycles. The number of para-hydroxylation sites is 1. The first-order valence-corrected chi connectivity index (χ1v) is 11.5. The summed E-state index contributed by atoms with van der Waals surface area (Å²) >= 11 is 0. The number of benzene rings is 1. The minimum atomic E-state index is -0.0337. The van der Waals surface area contributed by atoms with Crippen molar-refractivity contribution in [3.05, 3.63) is 29.8 Å². The van der Waals surface area contributed by atoms with Gasteiger partial charge in [-0.2, -0.15) is 0 Å². The number of ether oxygens (including phenoxy) is 1. The molecule has 0 unspecified atom stereocenters. The number of fused-ring (bicyclic) bond motifs is 2. The molecular weight excluding hydrogens is 364 g/mol. The quantitative estimate of drug-likeness (QED) is 0.710. The third kappa shape index (κ3) is 4.76. The van der Waals surface area contributed by atoms with E-state index in [1.54, 1.807) is 0 Å². The van der Waals surface area contributed by atoms with Crippen LogP contribution < -0.4 is 4.74 Å². The third-order valence-corrected chi connectivity index (χ3v) is 6.66. The van der Waals surface area contributed by atoms with Gasteiger partial charge in [-0.25, -0.2) is 0 Å². The van der Waals surface area contributed by atoms with E-state index in [1.807, 2.05) is 36.2 Å². The van der Waals surface area contributed by atoms with Gasteiger partial charge in [-0.05, 0) is 57.1 Å². The molecule has 2 aliphatic carbocycles. The number of rotatable bonds is 1. The lowest BCUT2D eigenvalue weighted by molar-refractivity contribution is -0.138. The lowest BCUT2D eigenvalue weighted by Crippen LogP contribution is -2.51. The molecule has 0 aromatic heterocycles. The maximum Gasteiger partial charge on any atom is 0.257 e. The van der Waals surface area contributed by atoms with Crippen LogP contribution in [-0.4, -0.2) is 53.9 Å². The molecule has 2 atom stereocenters. The molecule has 2 saturated carbocycles. The van der Waals surface area contributed by atoms with E-state index in [4.69, 9.17) is 4.74 Å². The zero-order chi connectivity index (χ0) is 20.2. The Balaban J connectivity index is 1.63. The van der Waals surface area contributed by atoms with Gasteiger partial charge in [0, 0.05) is 26.1 Å². The van der Waals surface area contributed by atoms with Gasteiger partial charge in [-0.3, -0.25) is 9.59 Å². The molecule has 4 rings (SSSR count). The predicted octanol–water partition coefficient (Wildman–Crippen LogP) is 4.26. The van der Waals surface area contributed by atoms with Gasteiger partial charge in [0.05, 0.1) is 11.6 Å². The fraction of sp³-hybridized carbons (Fsp3) is 0.667. The van der Waals surface area contributed by atoms with Crippen molar-refractivity contribution in [1.82, 2.24) is 9.80 Å². The van der Waals surface area contributed by atoms with Crippen molar-refractivity contribution in [2.45, 2.75) is 76.4 Å². The van der Waals surface area contributed by atoms with Gasteiger partial charge >= 0.3 is 0 Å². The van der Waals surface area contributed by atoms with E-state index in [9.17, 15) is 9.59 Å². The molecule has 0 radical (unpaired) electrons. The second-order valence-corrected chi connectivity index (χ2v) is 8.95. The van der Waals surface area contributed by atoms with Crippen molar-refractivity contribution < 1.29 is 14.3 Å². The molecular formula is C24H34N2O3. The largest absolute Gasteiger partial charge is 0.487 e. The number of carbonyl (C=O) groups excluding carboxylic acids is 2. The lowest BCUT2D eigenvalue weighted by Gasteiger charge is -2.40. The standard InChI is InChI=1S/C24H34N2O3/c1-25-16-8-2-3-9-17-26(23(27)18-14-15-18)20-11-5-7-13-22(20)29-21-12-6-4-10-19(21)24(25)28/h4,6,10,12,18,20,22H,2-3,5,7-9,11,13-17H2,1H3/t20-,22+/m1/s1. The first-order chi connectivity index (χ1) is 14.1. The van der Waals surface area contributed by atoms with Crippen LogP contribution in [0, 0.1) is 5.92 Å². The minimum absolute atomic E-state index is 0.0240. The number of amides is 2. The van der Waals surface area contributed by atoms with Crippen LogP contribution in [0.15, 0.2) is 24.3 Å². The summed E-state index contributed by atoms with van der Waals surface area (Å²) in [6.45, 7) is 1.60. The molecule has 0 spiro atoms. The molecule has 1 aromatic rings. The van der Waals surface area contributed by atoms with Crippen molar-refractivity contribution in [3.63, 3.8) is 0 Å². The summed E-state index contributed by atoms with van der Waals surface area (Å²) in [5.41, 5.74) is 0.636. The molecule has 1 heterocycles. The van der Waals surface area contributed by atoms with Gasteiger partial charge in [-0.1, -0.05) is 31.4 Å². The van der Waals surface area contributed by atoms with Crippen LogP contribution in [-0.2, 0) is 4.79 Å². The monoisotopic (exact) mass is 398 g/mol. The highest BCUT2D eigenvalue weighted by atomic mass is 16.5. The maximum absolute atomic E-state index is 13.1. The van der Waals surface area contributed by atoms with Gasteiger partial charge in [0.15, 0.2) is 0 Å². The first kappa shape index (κ1) is 20.2. The Labute approximate surface area is 174 Å². The van der Waals surface area contributed by atoms with Crippen molar-refractivity contribution in [2.75, 3.05) is 20.1 Å². The van der Waals surface area contributed by atoms with E-state index in [1.165, 1.54) is 0 Å². The molecule has 1 aromatic carbocycles. The smallest absolute Gasteiger partial charge is 0.257 e. The van der Waals surface area contributed by atoms with Crippen molar-refractivity contribution in [3.8, 4) is 5.75 Å². The fourth-order valence-electron chi connectivity index (χ4n) is 4.78. The number of hydrogen-bond acceptors (Lipinski definition) is 3. The second-order valence-electron chi connectivity index (χ2n) is 8.95. The average molecular weight is 399 g/mol. The molecule has 29 heavy (non-hydrogen) atoms. The summed E-state index contributed by atoms with van der Waals surface area (Å²) in [5.74, 6) is 1.26. The van der Waals surface area contributed by atoms with Gasteiger partial charge < -0.3 is 14.5 Å². The van der Waals surface area contributed by atoms with Gasteiger partial charge in [0.2, 0.25) is 5.91 Å². The lowest BCUT2D eigenvalue weighted by atomic mass is 9.90. The molecule has 0 N–H and O–H groups in total. The van der Waals surface area contributed by atoms with Crippen LogP contribution in [0.3, 0.4) is 0 Å². The summed E-state index contributed by atoms with van der Waals surface area (Å²) in [7, 11) is 1.88. The Kier molecular flexibility index (Phi) is 6.41. The molecule has 3 aliphatic rings. The molecule has 1 aliphatic heterocycles. The van der Waals surface area contributed by atoms with Crippen LogP contribution in [0.4, 0.5) is 0 Å². The van der Waals surface area contributed by atoms with E-state index < -0.39 is 0 Å². The summed E-state index contributed by atoms with van der Waals surface area (Å²) in [5, 5.41) is 0. The Morgan fingerprint density at radius 3 is 2.45 bits per heavy atom. The van der Waals surface area contributed by atoms with Crippen LogP contribution in [0.1, 0.15) is 74.6 Å². The molecule has 158 valence electrons. The predicted molar refractivity (Wildman–Crippen MR) is 113 cm³/mol. The summed E-state index contributed by atoms with van der Waals surface area (Å²) in [4.78, 5) is 30.1. The Morgan fingerprint density at radius 2 is 1.66 bits per heavy atom. The zero-order valence-corrected chi connectivity index (χ0v) is 17.6. The van der Waals surface area contributed by atoms with Gasteiger partial charge in [-0.15, -0.1) is 0 Å². The fourth-order valence-corrected chi connectivity index (χ4v) is 4.78. The van der Waals surface area contributed by atoms with Crippen molar-refractivity contribution in [1.29, 1.82) is 0 Å². The average Bonchev–Trinajstić information content (AvgIpc) is 3.58. The Bertz CT molecular complexity index is 731. The summed E-state index contributed by atoms with van der Waals surface area (Å²) in [6, 6.07) is 7.73. The van der Waals surface area contributed by atoms with Gasteiger partial charge in [0.1, 0.15) is 11.9 Å². The summed E-state index contributed by atoms with van der Waals surface area (Å²) < 4.78 is 6.50. The summed E-state index contributed by atoms with van der Waals surface area (Å²) in [6.07, 6.45) is 10.5. The highest BCUT2D eigenvalue weighted by molar-refractivity contribution is 5.96.